The Labute approximate surface area is 141 Å². The molecule has 132 valence electrons. The monoisotopic (exact) mass is 349 g/mol. The quantitative estimate of drug-likeness (QED) is 0.817. The second-order valence-corrected chi connectivity index (χ2v) is 5.59. The number of aromatic carboxylic acids is 1. The van der Waals surface area contributed by atoms with Crippen molar-refractivity contribution in [1.82, 2.24) is 14.5 Å². The fraction of sp³-hybridized carbons (Fsp3) is 0.312. The number of aromatic amines is 1. The molecule has 0 aliphatic carbocycles. The van der Waals surface area contributed by atoms with Crippen molar-refractivity contribution < 1.29 is 19.0 Å². The zero-order chi connectivity index (χ0) is 18.0. The summed E-state index contributed by atoms with van der Waals surface area (Å²) in [7, 11) is 0. The van der Waals surface area contributed by atoms with Crippen molar-refractivity contribution >= 4 is 5.97 Å². The highest BCUT2D eigenvalue weighted by Gasteiger charge is 2.22. The minimum absolute atomic E-state index is 0.0293. The van der Waals surface area contributed by atoms with Gasteiger partial charge in [-0.25, -0.2) is 18.5 Å². The number of rotatable bonds is 4. The summed E-state index contributed by atoms with van der Waals surface area (Å²) in [6, 6.07) is 4.80. The maximum Gasteiger partial charge on any atom is 0.352 e. The van der Waals surface area contributed by atoms with Gasteiger partial charge in [-0.2, -0.15) is 0 Å². The maximum absolute atomic E-state index is 13.1. The molecular weight excluding hydrogens is 333 g/mol. The van der Waals surface area contributed by atoms with E-state index in [1.54, 1.807) is 0 Å². The Balaban J connectivity index is 2.12. The van der Waals surface area contributed by atoms with Gasteiger partial charge in [-0.15, -0.1) is 0 Å². The van der Waals surface area contributed by atoms with E-state index in [0.717, 1.165) is 16.7 Å². The highest BCUT2D eigenvalue weighted by Crippen LogP contribution is 2.09. The molecule has 2 N–H and O–H groups in total. The van der Waals surface area contributed by atoms with Gasteiger partial charge in [-0.05, 0) is 24.3 Å². The molecule has 25 heavy (non-hydrogen) atoms. The first-order valence-electron chi connectivity index (χ1n) is 7.65. The molecule has 0 spiro atoms. The molecular formula is C16H16FN3O5. The van der Waals surface area contributed by atoms with Gasteiger partial charge in [0.25, 0.3) is 5.56 Å². The topological polar surface area (TPSA) is 105 Å². The van der Waals surface area contributed by atoms with Gasteiger partial charge in [0.15, 0.2) is 0 Å². The lowest BCUT2D eigenvalue weighted by molar-refractivity contribution is 0.0336. The summed E-state index contributed by atoms with van der Waals surface area (Å²) in [6.07, 6.45) is 0. The fourth-order valence-electron chi connectivity index (χ4n) is 2.71. The third-order valence-corrected chi connectivity index (χ3v) is 3.98. The Hall–Kier alpha value is -2.78. The largest absolute Gasteiger partial charge is 0.477 e. The number of aromatic nitrogens is 2. The van der Waals surface area contributed by atoms with Gasteiger partial charge in [0.2, 0.25) is 0 Å². The maximum atomic E-state index is 13.1. The number of carboxylic acid groups (broad SMARTS) is 1. The van der Waals surface area contributed by atoms with E-state index in [9.17, 15) is 23.9 Å². The van der Waals surface area contributed by atoms with Gasteiger partial charge >= 0.3 is 11.7 Å². The van der Waals surface area contributed by atoms with Crippen molar-refractivity contribution in [1.29, 1.82) is 0 Å². The Kier molecular flexibility index (Phi) is 4.77. The molecule has 1 aliphatic heterocycles. The van der Waals surface area contributed by atoms with Gasteiger partial charge in [0.1, 0.15) is 11.5 Å². The summed E-state index contributed by atoms with van der Waals surface area (Å²) in [4.78, 5) is 40.6. The number of hydrogen-bond donors (Lipinski definition) is 2. The lowest BCUT2D eigenvalue weighted by atomic mass is 10.2. The molecule has 1 aliphatic rings. The molecule has 1 aromatic heterocycles. The van der Waals surface area contributed by atoms with E-state index in [2.05, 4.69) is 4.98 Å². The highest BCUT2D eigenvalue weighted by atomic mass is 19.1. The van der Waals surface area contributed by atoms with Crippen molar-refractivity contribution in [3.63, 3.8) is 0 Å². The molecule has 0 amide bonds. The van der Waals surface area contributed by atoms with E-state index < -0.39 is 28.7 Å². The number of morpholine rings is 1. The van der Waals surface area contributed by atoms with Crippen LogP contribution in [0.1, 0.15) is 16.1 Å². The minimum Gasteiger partial charge on any atom is -0.477 e. The van der Waals surface area contributed by atoms with Crippen LogP contribution < -0.4 is 11.2 Å². The molecule has 1 fully saturated rings. The number of carbonyl (C=O) groups is 1. The summed E-state index contributed by atoms with van der Waals surface area (Å²) in [5.41, 5.74) is -1.93. The second kappa shape index (κ2) is 6.99. The molecule has 3 rings (SSSR count). The number of H-pyrrole nitrogens is 1. The first-order chi connectivity index (χ1) is 12.0. The van der Waals surface area contributed by atoms with Crippen LogP contribution >= 0.6 is 0 Å². The number of nitrogens with one attached hydrogen (secondary N) is 1. The average Bonchev–Trinajstić information content (AvgIpc) is 2.59. The Morgan fingerprint density at radius 1 is 1.20 bits per heavy atom. The summed E-state index contributed by atoms with van der Waals surface area (Å²) in [5.74, 6) is -1.90. The van der Waals surface area contributed by atoms with Crippen LogP contribution in [0.15, 0.2) is 33.9 Å². The third kappa shape index (κ3) is 3.52. The predicted octanol–water partition coefficient (Wildman–Crippen LogP) is 0.195. The van der Waals surface area contributed by atoms with E-state index in [1.807, 2.05) is 4.90 Å². The summed E-state index contributed by atoms with van der Waals surface area (Å²) in [6.45, 7) is 2.14. The normalized spacial score (nSPS) is 15.2. The molecule has 0 atom stereocenters. The van der Waals surface area contributed by atoms with Crippen LogP contribution in [0.25, 0.3) is 5.69 Å². The van der Waals surface area contributed by atoms with Gasteiger partial charge in [0, 0.05) is 19.6 Å². The predicted molar refractivity (Wildman–Crippen MR) is 85.7 cm³/mol. The number of halogens is 1. The first-order valence-corrected chi connectivity index (χ1v) is 7.65. The molecule has 2 heterocycles. The van der Waals surface area contributed by atoms with Crippen molar-refractivity contribution in [3.8, 4) is 5.69 Å². The fourth-order valence-corrected chi connectivity index (χ4v) is 2.71. The summed E-state index contributed by atoms with van der Waals surface area (Å²) >= 11 is 0. The number of ether oxygens (including phenoxy) is 1. The first kappa shape index (κ1) is 17.1. The smallest absolute Gasteiger partial charge is 0.352 e. The van der Waals surface area contributed by atoms with Gasteiger partial charge in [-0.1, -0.05) is 0 Å². The molecule has 0 unspecified atom stereocenters. The SMILES string of the molecule is O=C(O)c1[nH]c(=O)n(-c2ccc(F)cc2)c(=O)c1CN1CCOCC1. The summed E-state index contributed by atoms with van der Waals surface area (Å²) in [5, 5.41) is 9.33. The lowest BCUT2D eigenvalue weighted by Gasteiger charge is -2.26. The van der Waals surface area contributed by atoms with Crippen molar-refractivity contribution in [2.45, 2.75) is 6.54 Å². The van der Waals surface area contributed by atoms with Crippen LogP contribution in [-0.2, 0) is 11.3 Å². The van der Waals surface area contributed by atoms with Crippen LogP contribution in [0.4, 0.5) is 4.39 Å². The van der Waals surface area contributed by atoms with Gasteiger partial charge in [0.05, 0.1) is 24.5 Å². The molecule has 0 saturated carbocycles. The molecule has 1 saturated heterocycles. The van der Waals surface area contributed by atoms with Crippen molar-refractivity contribution in [2.24, 2.45) is 0 Å². The van der Waals surface area contributed by atoms with Crippen molar-refractivity contribution in [3.05, 3.63) is 62.2 Å². The Morgan fingerprint density at radius 2 is 1.84 bits per heavy atom. The lowest BCUT2D eigenvalue weighted by Crippen LogP contribution is -2.42. The van der Waals surface area contributed by atoms with E-state index >= 15 is 0 Å². The summed E-state index contributed by atoms with van der Waals surface area (Å²) < 4.78 is 19.1. The van der Waals surface area contributed by atoms with Crippen LogP contribution in [0.3, 0.4) is 0 Å². The zero-order valence-electron chi connectivity index (χ0n) is 13.2. The van der Waals surface area contributed by atoms with Crippen molar-refractivity contribution in [2.75, 3.05) is 26.3 Å². The van der Waals surface area contributed by atoms with E-state index in [0.29, 0.717) is 26.3 Å². The van der Waals surface area contributed by atoms with Crippen LogP contribution in [0, 0.1) is 5.82 Å². The molecule has 2 aromatic rings. The van der Waals surface area contributed by atoms with Crippen LogP contribution in [0.5, 0.6) is 0 Å². The van der Waals surface area contributed by atoms with Crippen LogP contribution in [-0.4, -0.2) is 51.8 Å². The van der Waals surface area contributed by atoms with Gasteiger partial charge < -0.3 is 14.8 Å². The van der Waals surface area contributed by atoms with Crippen LogP contribution in [0.2, 0.25) is 0 Å². The van der Waals surface area contributed by atoms with E-state index in [-0.39, 0.29) is 17.8 Å². The average molecular weight is 349 g/mol. The van der Waals surface area contributed by atoms with Gasteiger partial charge in [-0.3, -0.25) is 9.69 Å². The minimum atomic E-state index is -1.39. The number of carboxylic acids is 1. The number of nitrogens with zero attached hydrogens (tertiary/aromatic N) is 2. The molecule has 8 nitrogen and oxygen atoms in total. The zero-order valence-corrected chi connectivity index (χ0v) is 13.2. The van der Waals surface area contributed by atoms with E-state index in [1.165, 1.54) is 12.1 Å². The molecule has 0 radical (unpaired) electrons. The van der Waals surface area contributed by atoms with E-state index in [4.69, 9.17) is 4.74 Å². The molecule has 1 aromatic carbocycles. The highest BCUT2D eigenvalue weighted by molar-refractivity contribution is 5.86. The Morgan fingerprint density at radius 3 is 2.44 bits per heavy atom. The molecule has 9 heteroatoms. The number of benzene rings is 1. The molecule has 0 bridgehead atoms. The third-order valence-electron chi connectivity index (χ3n) is 3.98. The standard InChI is InChI=1S/C16H16FN3O5/c17-10-1-3-11(4-2-10)20-14(21)12(9-19-5-7-25-8-6-19)13(15(22)23)18-16(20)24/h1-4H,5-9H2,(H,18,24)(H,22,23). The number of hydrogen-bond acceptors (Lipinski definition) is 5. The Bertz CT molecular complexity index is 897. The second-order valence-electron chi connectivity index (χ2n) is 5.59.